The molecular weight excluding hydrogens is 434 g/mol. The second-order valence-electron chi connectivity index (χ2n) is 10.6. The lowest BCUT2D eigenvalue weighted by molar-refractivity contribution is -0.158. The third kappa shape index (κ3) is 3.61. The maximum atomic E-state index is 14.1. The molecule has 3 fully saturated rings. The van der Waals surface area contributed by atoms with Gasteiger partial charge in [0.25, 0.3) is 0 Å². The van der Waals surface area contributed by atoms with Gasteiger partial charge in [0.05, 0.1) is 30.1 Å². The molecule has 3 rings (SSSR count). The van der Waals surface area contributed by atoms with Crippen LogP contribution in [-0.4, -0.2) is 93.6 Å². The zero-order chi connectivity index (χ0) is 25.6. The number of hydrogen-bond acceptors (Lipinski definition) is 5. The standard InChI is InChI=1S/C26H41N3O5/c1-9-12-27(8)22(31)19-20-23(32)29(18(11-3)15-30)21(24(33)28(13-10-2)16(4)5)26(20)14-17(6)25(19,7)34-26/h9-10,16-21,30H,1-2,11-15H2,3-8H3/t17?,18-,19-,20-,21?,25+,26?/m0/s1. The van der Waals surface area contributed by atoms with Gasteiger partial charge in [-0.05, 0) is 39.5 Å². The van der Waals surface area contributed by atoms with Gasteiger partial charge in [-0.1, -0.05) is 26.0 Å². The van der Waals surface area contributed by atoms with Crippen molar-refractivity contribution in [3.05, 3.63) is 25.3 Å². The van der Waals surface area contributed by atoms with Crippen LogP contribution in [0.3, 0.4) is 0 Å². The Labute approximate surface area is 203 Å². The Kier molecular flexibility index (Phi) is 7.35. The van der Waals surface area contributed by atoms with E-state index in [2.05, 4.69) is 13.2 Å². The van der Waals surface area contributed by atoms with E-state index in [0.29, 0.717) is 25.9 Å². The van der Waals surface area contributed by atoms with Crippen LogP contribution in [0.15, 0.2) is 25.3 Å². The summed E-state index contributed by atoms with van der Waals surface area (Å²) < 4.78 is 6.74. The summed E-state index contributed by atoms with van der Waals surface area (Å²) >= 11 is 0. The van der Waals surface area contributed by atoms with Gasteiger partial charge in [-0.25, -0.2) is 0 Å². The molecule has 1 N–H and O–H groups in total. The van der Waals surface area contributed by atoms with Crippen LogP contribution in [0.2, 0.25) is 0 Å². The molecule has 190 valence electrons. The van der Waals surface area contributed by atoms with E-state index in [9.17, 15) is 19.5 Å². The molecule has 34 heavy (non-hydrogen) atoms. The summed E-state index contributed by atoms with van der Waals surface area (Å²) in [6.45, 7) is 17.6. The zero-order valence-electron chi connectivity index (χ0n) is 21.5. The van der Waals surface area contributed by atoms with Crippen molar-refractivity contribution in [3.8, 4) is 0 Å². The minimum Gasteiger partial charge on any atom is -0.394 e. The topological polar surface area (TPSA) is 90.4 Å². The van der Waals surface area contributed by atoms with Gasteiger partial charge in [-0.15, -0.1) is 13.2 Å². The highest BCUT2D eigenvalue weighted by Crippen LogP contribution is 2.65. The maximum absolute atomic E-state index is 14.1. The Bertz CT molecular complexity index is 855. The van der Waals surface area contributed by atoms with Crippen LogP contribution in [0, 0.1) is 17.8 Å². The normalized spacial score (nSPS) is 34.8. The fourth-order valence-electron chi connectivity index (χ4n) is 6.51. The van der Waals surface area contributed by atoms with Gasteiger partial charge < -0.3 is 24.5 Å². The van der Waals surface area contributed by atoms with Crippen molar-refractivity contribution in [3.63, 3.8) is 0 Å². The van der Waals surface area contributed by atoms with Crippen molar-refractivity contribution in [1.82, 2.24) is 14.7 Å². The lowest BCUT2D eigenvalue weighted by Crippen LogP contribution is -2.59. The first-order valence-electron chi connectivity index (χ1n) is 12.4. The van der Waals surface area contributed by atoms with Gasteiger partial charge in [0, 0.05) is 26.2 Å². The quantitative estimate of drug-likeness (QED) is 0.487. The van der Waals surface area contributed by atoms with Gasteiger partial charge in [0.15, 0.2) is 0 Å². The van der Waals surface area contributed by atoms with E-state index in [1.54, 1.807) is 29.0 Å². The van der Waals surface area contributed by atoms with Crippen molar-refractivity contribution in [1.29, 1.82) is 0 Å². The second kappa shape index (κ2) is 9.46. The molecule has 3 aliphatic heterocycles. The van der Waals surface area contributed by atoms with Crippen LogP contribution in [-0.2, 0) is 19.1 Å². The molecule has 3 heterocycles. The smallest absolute Gasteiger partial charge is 0.248 e. The van der Waals surface area contributed by atoms with Crippen molar-refractivity contribution < 1.29 is 24.2 Å². The molecule has 3 aliphatic rings. The zero-order valence-corrected chi connectivity index (χ0v) is 21.5. The van der Waals surface area contributed by atoms with Gasteiger partial charge in [0.2, 0.25) is 17.7 Å². The average Bonchev–Trinajstić information content (AvgIpc) is 3.29. The molecule has 0 aromatic rings. The van der Waals surface area contributed by atoms with Gasteiger partial charge in [-0.3, -0.25) is 14.4 Å². The number of nitrogens with zero attached hydrogens (tertiary/aromatic N) is 3. The van der Waals surface area contributed by atoms with Crippen molar-refractivity contribution in [2.75, 3.05) is 26.7 Å². The number of amides is 3. The molecule has 0 aromatic heterocycles. The van der Waals surface area contributed by atoms with Gasteiger partial charge >= 0.3 is 0 Å². The molecule has 8 heteroatoms. The fraction of sp³-hybridized carbons (Fsp3) is 0.731. The number of likely N-dealkylation sites (N-methyl/N-ethyl adjacent to an activating group) is 1. The van der Waals surface area contributed by atoms with Crippen LogP contribution < -0.4 is 0 Å². The molecule has 7 atom stereocenters. The molecule has 3 amide bonds. The number of likely N-dealkylation sites (tertiary alicyclic amines) is 1. The fourth-order valence-corrected chi connectivity index (χ4v) is 6.51. The van der Waals surface area contributed by atoms with E-state index < -0.39 is 35.1 Å². The van der Waals surface area contributed by atoms with E-state index in [0.717, 1.165) is 0 Å². The molecule has 8 nitrogen and oxygen atoms in total. The number of hydrogen-bond donors (Lipinski definition) is 1. The molecule has 1 spiro atoms. The first-order chi connectivity index (χ1) is 16.0. The Morgan fingerprint density at radius 1 is 1.26 bits per heavy atom. The van der Waals surface area contributed by atoms with Crippen LogP contribution in [0.4, 0.5) is 0 Å². The highest BCUT2D eigenvalue weighted by molar-refractivity contribution is 5.99. The van der Waals surface area contributed by atoms with E-state index in [1.165, 1.54) is 4.90 Å². The lowest BCUT2D eigenvalue weighted by atomic mass is 9.62. The summed E-state index contributed by atoms with van der Waals surface area (Å²) in [4.78, 5) is 46.7. The van der Waals surface area contributed by atoms with Crippen molar-refractivity contribution in [2.24, 2.45) is 17.8 Å². The Morgan fingerprint density at radius 2 is 1.88 bits per heavy atom. The summed E-state index contributed by atoms with van der Waals surface area (Å²) in [7, 11) is 1.70. The lowest BCUT2D eigenvalue weighted by Gasteiger charge is -2.40. The molecule has 0 aliphatic carbocycles. The highest BCUT2D eigenvalue weighted by atomic mass is 16.5. The Morgan fingerprint density at radius 3 is 2.38 bits per heavy atom. The maximum Gasteiger partial charge on any atom is 0.248 e. The van der Waals surface area contributed by atoms with Crippen molar-refractivity contribution in [2.45, 2.75) is 76.8 Å². The second-order valence-corrected chi connectivity index (χ2v) is 10.6. The number of fused-ring (bicyclic) bond motifs is 1. The SMILES string of the molecule is C=CCN(C)C(=O)[C@@H]1[C@H]2C(=O)N([C@@H](CC)CO)C(C(=O)N(CC=C)C(C)C)C23CC(C)[C@@]1(C)O3. The average molecular weight is 476 g/mol. The third-order valence-electron chi connectivity index (χ3n) is 8.34. The molecule has 3 saturated heterocycles. The first-order valence-corrected chi connectivity index (χ1v) is 12.4. The minimum atomic E-state index is -1.12. The molecule has 0 saturated carbocycles. The number of aliphatic hydroxyl groups is 1. The highest BCUT2D eigenvalue weighted by Gasteiger charge is 2.80. The largest absolute Gasteiger partial charge is 0.394 e. The van der Waals surface area contributed by atoms with Gasteiger partial charge in [0.1, 0.15) is 11.6 Å². The number of ether oxygens (including phenoxy) is 1. The summed E-state index contributed by atoms with van der Waals surface area (Å²) in [5.74, 6) is -2.19. The number of aliphatic hydroxyl groups excluding tert-OH is 1. The molecule has 0 aromatic carbocycles. The van der Waals surface area contributed by atoms with Crippen LogP contribution >= 0.6 is 0 Å². The van der Waals surface area contributed by atoms with Crippen LogP contribution in [0.1, 0.15) is 47.5 Å². The number of rotatable bonds is 10. The number of carbonyl (C=O) groups excluding carboxylic acids is 3. The molecule has 2 bridgehead atoms. The molecular formula is C26H41N3O5. The summed E-state index contributed by atoms with van der Waals surface area (Å²) in [6.07, 6.45) is 4.31. The van der Waals surface area contributed by atoms with E-state index in [-0.39, 0.29) is 36.3 Å². The Hall–Kier alpha value is -2.19. The third-order valence-corrected chi connectivity index (χ3v) is 8.34. The first kappa shape index (κ1) is 26.4. The minimum absolute atomic E-state index is 0.0287. The van der Waals surface area contributed by atoms with Crippen molar-refractivity contribution >= 4 is 17.7 Å². The monoisotopic (exact) mass is 475 g/mol. The summed E-state index contributed by atoms with van der Waals surface area (Å²) in [5.41, 5.74) is -1.98. The van der Waals surface area contributed by atoms with E-state index in [4.69, 9.17) is 4.74 Å². The molecule has 3 unspecified atom stereocenters. The van der Waals surface area contributed by atoms with Gasteiger partial charge in [-0.2, -0.15) is 0 Å². The van der Waals surface area contributed by atoms with Crippen LogP contribution in [0.25, 0.3) is 0 Å². The van der Waals surface area contributed by atoms with Crippen LogP contribution in [0.5, 0.6) is 0 Å². The predicted octanol–water partition coefficient (Wildman–Crippen LogP) is 1.84. The summed E-state index contributed by atoms with van der Waals surface area (Å²) in [5, 5.41) is 10.2. The Balaban J connectivity index is 2.19. The van der Waals surface area contributed by atoms with E-state index >= 15 is 0 Å². The predicted molar refractivity (Wildman–Crippen MR) is 130 cm³/mol. The number of carbonyl (C=O) groups is 3. The molecule has 0 radical (unpaired) electrons. The van der Waals surface area contributed by atoms with E-state index in [1.807, 2.05) is 34.6 Å². The summed E-state index contributed by atoms with van der Waals surface area (Å²) in [6, 6.07) is -1.56.